The molecule has 0 saturated heterocycles. The Bertz CT molecular complexity index is 1160. The van der Waals surface area contributed by atoms with Gasteiger partial charge in [-0.2, -0.15) is 0 Å². The third-order valence-corrected chi connectivity index (χ3v) is 5.94. The summed E-state index contributed by atoms with van der Waals surface area (Å²) in [5.74, 6) is -0.882. The third kappa shape index (κ3) is 6.25. The summed E-state index contributed by atoms with van der Waals surface area (Å²) in [6.07, 6.45) is -3.01. The van der Waals surface area contributed by atoms with Crippen molar-refractivity contribution in [1.82, 2.24) is 15.6 Å². The Morgan fingerprint density at radius 1 is 1.09 bits per heavy atom. The van der Waals surface area contributed by atoms with E-state index in [0.29, 0.717) is 5.01 Å². The van der Waals surface area contributed by atoms with E-state index in [1.165, 1.54) is 29.0 Å². The van der Waals surface area contributed by atoms with Gasteiger partial charge in [0.2, 0.25) is 0 Å². The lowest BCUT2D eigenvalue weighted by Gasteiger charge is -2.13. The van der Waals surface area contributed by atoms with Crippen LogP contribution in [-0.2, 0) is 17.8 Å². The van der Waals surface area contributed by atoms with Gasteiger partial charge < -0.3 is 20.1 Å². The summed E-state index contributed by atoms with van der Waals surface area (Å²) >= 11 is 1.25. The molecule has 4 rings (SSSR count). The molecule has 0 bridgehead atoms. The average Bonchev–Trinajstić information content (AvgIpc) is 3.44. The molecule has 0 fully saturated rings. The molecule has 0 aliphatic heterocycles. The molecule has 2 N–H and O–H groups in total. The summed E-state index contributed by atoms with van der Waals surface area (Å²) in [5.41, 5.74) is 2.65. The second-order valence-electron chi connectivity index (χ2n) is 7.47. The van der Waals surface area contributed by atoms with E-state index < -0.39 is 12.3 Å². The van der Waals surface area contributed by atoms with Gasteiger partial charge in [-0.1, -0.05) is 24.3 Å². The van der Waals surface area contributed by atoms with Crippen molar-refractivity contribution in [3.8, 4) is 11.5 Å². The van der Waals surface area contributed by atoms with Crippen molar-refractivity contribution in [2.45, 2.75) is 31.8 Å². The van der Waals surface area contributed by atoms with Crippen LogP contribution in [0.1, 0.15) is 39.1 Å². The van der Waals surface area contributed by atoms with Crippen molar-refractivity contribution in [3.63, 3.8) is 0 Å². The molecule has 1 aliphatic rings. The zero-order chi connectivity index (χ0) is 24.1. The number of thiazole rings is 1. The first-order valence-corrected chi connectivity index (χ1v) is 11.2. The summed E-state index contributed by atoms with van der Waals surface area (Å²) in [6, 6.07) is 12.7. The Morgan fingerprint density at radius 3 is 2.59 bits per heavy atom. The fourth-order valence-electron chi connectivity index (χ4n) is 3.55. The maximum atomic E-state index is 12.6. The Kier molecular flexibility index (Phi) is 7.01. The van der Waals surface area contributed by atoms with Crippen LogP contribution in [0.3, 0.4) is 0 Å². The van der Waals surface area contributed by atoms with E-state index >= 15 is 0 Å². The highest BCUT2D eigenvalue weighted by Gasteiger charge is 2.31. The largest absolute Gasteiger partial charge is 0.573 e. The highest BCUT2D eigenvalue weighted by molar-refractivity contribution is 7.09. The first-order chi connectivity index (χ1) is 16.3. The SMILES string of the molecule is O=C(COc1ccc(OC(F)(F)F)cc1)NCc1nc(C(=O)NC2CCc3ccccc32)cs1. The zero-order valence-corrected chi connectivity index (χ0v) is 18.5. The number of aromatic nitrogens is 1. The molecular weight excluding hydrogens is 471 g/mol. The molecule has 178 valence electrons. The number of carbonyl (C=O) groups is 2. The van der Waals surface area contributed by atoms with Gasteiger partial charge >= 0.3 is 6.36 Å². The van der Waals surface area contributed by atoms with E-state index in [0.717, 1.165) is 30.5 Å². The lowest BCUT2D eigenvalue weighted by Crippen LogP contribution is -2.29. The molecule has 0 spiro atoms. The van der Waals surface area contributed by atoms with Gasteiger partial charge in [0.25, 0.3) is 11.8 Å². The third-order valence-electron chi connectivity index (χ3n) is 5.09. The van der Waals surface area contributed by atoms with E-state index in [1.54, 1.807) is 5.38 Å². The Hall–Kier alpha value is -3.60. The normalized spacial score (nSPS) is 14.9. The minimum Gasteiger partial charge on any atom is -0.484 e. The standard InChI is InChI=1S/C23H20F3N3O4S/c24-23(25,26)33-16-8-6-15(7-9-16)32-12-20(30)27-11-21-28-19(13-34-21)22(31)29-18-10-5-14-3-1-2-4-17(14)18/h1-4,6-9,13,18H,5,10-12H2,(H,27,30)(H,29,31). The predicted molar refractivity (Wildman–Crippen MR) is 118 cm³/mol. The van der Waals surface area contributed by atoms with Crippen LogP contribution in [-0.4, -0.2) is 29.8 Å². The first kappa shape index (κ1) is 23.6. The van der Waals surface area contributed by atoms with Gasteiger partial charge in [0.15, 0.2) is 6.61 Å². The van der Waals surface area contributed by atoms with E-state index in [9.17, 15) is 22.8 Å². The summed E-state index contributed by atoms with van der Waals surface area (Å²) in [4.78, 5) is 28.9. The number of benzene rings is 2. The molecule has 2 aromatic carbocycles. The van der Waals surface area contributed by atoms with Crippen molar-refractivity contribution < 1.29 is 32.2 Å². The van der Waals surface area contributed by atoms with Gasteiger partial charge in [-0.25, -0.2) is 4.98 Å². The Labute approximate surface area is 196 Å². The van der Waals surface area contributed by atoms with E-state index in [2.05, 4.69) is 26.4 Å². The number of nitrogens with one attached hydrogen (secondary N) is 2. The molecule has 11 heteroatoms. The van der Waals surface area contributed by atoms with Crippen molar-refractivity contribution in [3.05, 3.63) is 75.7 Å². The minimum atomic E-state index is -4.78. The highest BCUT2D eigenvalue weighted by Crippen LogP contribution is 2.31. The van der Waals surface area contributed by atoms with Gasteiger partial charge in [-0.15, -0.1) is 24.5 Å². The molecule has 3 aromatic rings. The molecule has 0 radical (unpaired) electrons. The fourth-order valence-corrected chi connectivity index (χ4v) is 4.26. The second-order valence-corrected chi connectivity index (χ2v) is 8.42. The number of amides is 2. The summed E-state index contributed by atoms with van der Waals surface area (Å²) < 4.78 is 45.6. The first-order valence-electron chi connectivity index (χ1n) is 10.4. The van der Waals surface area contributed by atoms with Gasteiger partial charge in [0, 0.05) is 5.38 Å². The molecular formula is C23H20F3N3O4S. The van der Waals surface area contributed by atoms with Crippen molar-refractivity contribution in [2.24, 2.45) is 0 Å². The van der Waals surface area contributed by atoms with Gasteiger partial charge in [0.05, 0.1) is 12.6 Å². The molecule has 2 amide bonds. The number of nitrogens with zero attached hydrogens (tertiary/aromatic N) is 1. The van der Waals surface area contributed by atoms with E-state index in [1.807, 2.05) is 18.2 Å². The molecule has 1 aromatic heterocycles. The fraction of sp³-hybridized carbons (Fsp3) is 0.261. The van der Waals surface area contributed by atoms with Crippen LogP contribution in [0.2, 0.25) is 0 Å². The van der Waals surface area contributed by atoms with E-state index in [-0.39, 0.29) is 42.3 Å². The number of aryl methyl sites for hydroxylation is 1. The van der Waals surface area contributed by atoms with Crippen LogP contribution in [0.5, 0.6) is 11.5 Å². The van der Waals surface area contributed by atoms with Crippen LogP contribution in [0.15, 0.2) is 53.9 Å². The quantitative estimate of drug-likeness (QED) is 0.494. The lowest BCUT2D eigenvalue weighted by atomic mass is 10.1. The topological polar surface area (TPSA) is 89.6 Å². The van der Waals surface area contributed by atoms with Gasteiger partial charge in [-0.3, -0.25) is 9.59 Å². The molecule has 7 nitrogen and oxygen atoms in total. The van der Waals surface area contributed by atoms with Crippen molar-refractivity contribution in [1.29, 1.82) is 0 Å². The van der Waals surface area contributed by atoms with Crippen molar-refractivity contribution in [2.75, 3.05) is 6.61 Å². The summed E-state index contributed by atoms with van der Waals surface area (Å²) in [7, 11) is 0. The van der Waals surface area contributed by atoms with Gasteiger partial charge in [0.1, 0.15) is 22.2 Å². The van der Waals surface area contributed by atoms with Crippen LogP contribution < -0.4 is 20.1 Å². The number of fused-ring (bicyclic) bond motifs is 1. The predicted octanol–water partition coefficient (Wildman–Crippen LogP) is 4.15. The zero-order valence-electron chi connectivity index (χ0n) is 17.7. The molecule has 1 heterocycles. The number of hydrogen-bond acceptors (Lipinski definition) is 6. The Balaban J connectivity index is 1.21. The summed E-state index contributed by atoms with van der Waals surface area (Å²) in [5, 5.41) is 7.83. The van der Waals surface area contributed by atoms with Crippen LogP contribution >= 0.6 is 11.3 Å². The molecule has 1 atom stereocenters. The smallest absolute Gasteiger partial charge is 0.484 e. The molecule has 0 saturated carbocycles. The number of halogens is 3. The van der Waals surface area contributed by atoms with Crippen molar-refractivity contribution >= 4 is 23.2 Å². The molecule has 1 unspecified atom stereocenters. The number of hydrogen-bond donors (Lipinski definition) is 2. The van der Waals surface area contributed by atoms with Crippen LogP contribution in [0, 0.1) is 0 Å². The van der Waals surface area contributed by atoms with Gasteiger partial charge in [-0.05, 0) is 48.2 Å². The number of alkyl halides is 3. The minimum absolute atomic E-state index is 0.0419. The molecule has 1 aliphatic carbocycles. The molecule has 34 heavy (non-hydrogen) atoms. The monoisotopic (exact) mass is 491 g/mol. The van der Waals surface area contributed by atoms with Crippen LogP contribution in [0.4, 0.5) is 13.2 Å². The highest BCUT2D eigenvalue weighted by atomic mass is 32.1. The maximum Gasteiger partial charge on any atom is 0.573 e. The lowest BCUT2D eigenvalue weighted by molar-refractivity contribution is -0.274. The van der Waals surface area contributed by atoms with Crippen LogP contribution in [0.25, 0.3) is 0 Å². The second kappa shape index (κ2) is 10.1. The Morgan fingerprint density at radius 2 is 1.82 bits per heavy atom. The van der Waals surface area contributed by atoms with E-state index in [4.69, 9.17) is 4.74 Å². The maximum absolute atomic E-state index is 12.6. The number of ether oxygens (including phenoxy) is 2. The summed E-state index contributed by atoms with van der Waals surface area (Å²) in [6.45, 7) is -0.218. The number of carbonyl (C=O) groups excluding carboxylic acids is 2. The number of rotatable bonds is 8. The average molecular weight is 491 g/mol.